The number of aliphatic carboxylic acids is 1. The third-order valence-electron chi connectivity index (χ3n) is 3.61. The second-order valence-electron chi connectivity index (χ2n) is 5.02. The number of methoxy groups -OCH3 is 1. The van der Waals surface area contributed by atoms with Gasteiger partial charge in [0.05, 0.1) is 18.6 Å². The maximum absolute atomic E-state index is 10.8. The summed E-state index contributed by atoms with van der Waals surface area (Å²) in [4.78, 5) is 10.8. The summed E-state index contributed by atoms with van der Waals surface area (Å²) in [5.41, 5.74) is -0.259. The molecule has 108 valence electrons. The number of carbonyl (C=O) groups is 1. The lowest BCUT2D eigenvalue weighted by atomic mass is 9.70. The fourth-order valence-electron chi connectivity index (χ4n) is 2.28. The highest BCUT2D eigenvalue weighted by atomic mass is 16.5. The molecule has 0 amide bonds. The molecule has 0 aliphatic rings. The van der Waals surface area contributed by atoms with Gasteiger partial charge in [-0.3, -0.25) is 4.79 Å². The van der Waals surface area contributed by atoms with Gasteiger partial charge in [0.1, 0.15) is 0 Å². The minimum Gasteiger partial charge on any atom is -0.504 e. The maximum atomic E-state index is 10.8. The Balaban J connectivity index is 3.30. The van der Waals surface area contributed by atoms with Crippen LogP contribution in [0.5, 0.6) is 11.5 Å². The van der Waals surface area contributed by atoms with Gasteiger partial charge >= 0.3 is 5.97 Å². The maximum Gasteiger partial charge on any atom is 0.303 e. The van der Waals surface area contributed by atoms with Crippen LogP contribution >= 0.6 is 0 Å². The number of aromatic hydroxyl groups is 1. The van der Waals surface area contributed by atoms with E-state index in [4.69, 9.17) is 9.84 Å². The number of hydrogen-bond acceptors (Lipinski definition) is 4. The summed E-state index contributed by atoms with van der Waals surface area (Å²) in [6, 6.07) is 6.96. The zero-order valence-electron chi connectivity index (χ0n) is 11.9. The lowest BCUT2D eigenvalue weighted by molar-refractivity contribution is -0.137. The molecule has 0 radical (unpaired) electrons. The molecule has 0 aromatic heterocycles. The summed E-state index contributed by atoms with van der Waals surface area (Å²) in [7, 11) is 1.43. The van der Waals surface area contributed by atoms with Crippen LogP contribution in [0.2, 0.25) is 0 Å². The molecular formula is C15H19NO4. The van der Waals surface area contributed by atoms with E-state index in [1.165, 1.54) is 13.2 Å². The van der Waals surface area contributed by atoms with Crippen molar-refractivity contribution < 1.29 is 19.7 Å². The Morgan fingerprint density at radius 1 is 1.50 bits per heavy atom. The molecule has 20 heavy (non-hydrogen) atoms. The van der Waals surface area contributed by atoms with Crippen LogP contribution in [0.1, 0.15) is 32.3 Å². The highest BCUT2D eigenvalue weighted by Gasteiger charge is 2.37. The van der Waals surface area contributed by atoms with E-state index >= 15 is 0 Å². The standard InChI is InChI=1S/C15H19NO4/c1-10(2)15(9-16,7-6-14(18)19)11-4-5-12(17)13(8-11)20-3/h4-5,8,10,17H,6-7H2,1-3H3,(H,18,19)/t15-/m0/s1. The molecule has 1 atom stereocenters. The predicted octanol–water partition coefficient (Wildman–Crippen LogP) is 2.68. The van der Waals surface area contributed by atoms with Gasteiger partial charge in [-0.15, -0.1) is 0 Å². The number of carboxylic acid groups (broad SMARTS) is 1. The lowest BCUT2D eigenvalue weighted by Crippen LogP contribution is -2.31. The van der Waals surface area contributed by atoms with Crippen LogP contribution in [0.25, 0.3) is 0 Å². The molecule has 1 rings (SSSR count). The Morgan fingerprint density at radius 2 is 2.15 bits per heavy atom. The Labute approximate surface area is 118 Å². The Kier molecular flexibility index (Phi) is 4.98. The van der Waals surface area contributed by atoms with E-state index in [2.05, 4.69) is 6.07 Å². The molecule has 0 aliphatic heterocycles. The summed E-state index contributed by atoms with van der Waals surface area (Å²) in [6.07, 6.45) is 0.124. The molecule has 0 heterocycles. The monoisotopic (exact) mass is 277 g/mol. The van der Waals surface area contributed by atoms with Crippen molar-refractivity contribution in [3.63, 3.8) is 0 Å². The number of carboxylic acids is 1. The molecule has 0 saturated carbocycles. The van der Waals surface area contributed by atoms with Crippen molar-refractivity contribution in [3.8, 4) is 17.6 Å². The number of ether oxygens (including phenoxy) is 1. The van der Waals surface area contributed by atoms with E-state index in [1.54, 1.807) is 12.1 Å². The molecule has 0 saturated heterocycles. The topological polar surface area (TPSA) is 90.5 Å². The number of nitriles is 1. The largest absolute Gasteiger partial charge is 0.504 e. The second-order valence-corrected chi connectivity index (χ2v) is 5.02. The highest BCUT2D eigenvalue weighted by molar-refractivity contribution is 5.67. The van der Waals surface area contributed by atoms with Crippen LogP contribution in [0, 0.1) is 17.2 Å². The molecule has 5 nitrogen and oxygen atoms in total. The first-order valence-electron chi connectivity index (χ1n) is 6.38. The zero-order chi connectivity index (χ0) is 15.3. The number of phenolic OH excluding ortho intramolecular Hbond substituents is 1. The third kappa shape index (κ3) is 3.02. The van der Waals surface area contributed by atoms with Crippen molar-refractivity contribution in [1.29, 1.82) is 5.26 Å². The van der Waals surface area contributed by atoms with Gasteiger partial charge in [0, 0.05) is 6.42 Å². The van der Waals surface area contributed by atoms with Crippen LogP contribution in [0.4, 0.5) is 0 Å². The summed E-state index contributed by atoms with van der Waals surface area (Å²) < 4.78 is 5.05. The number of nitrogens with zero attached hydrogens (tertiary/aromatic N) is 1. The highest BCUT2D eigenvalue weighted by Crippen LogP contribution is 2.40. The minimum absolute atomic E-state index is 0.00918. The lowest BCUT2D eigenvalue weighted by Gasteiger charge is -2.31. The summed E-state index contributed by atoms with van der Waals surface area (Å²) >= 11 is 0. The smallest absolute Gasteiger partial charge is 0.303 e. The van der Waals surface area contributed by atoms with E-state index in [0.29, 0.717) is 5.56 Å². The van der Waals surface area contributed by atoms with Crippen molar-refractivity contribution in [3.05, 3.63) is 23.8 Å². The van der Waals surface area contributed by atoms with Crippen LogP contribution in [-0.4, -0.2) is 23.3 Å². The molecule has 1 aromatic carbocycles. The van der Waals surface area contributed by atoms with Crippen LogP contribution in [0.15, 0.2) is 18.2 Å². The number of rotatable bonds is 6. The molecule has 0 unspecified atom stereocenters. The van der Waals surface area contributed by atoms with Gasteiger partial charge in [0.2, 0.25) is 0 Å². The van der Waals surface area contributed by atoms with Crippen LogP contribution in [0.3, 0.4) is 0 Å². The molecule has 2 N–H and O–H groups in total. The van der Waals surface area contributed by atoms with Crippen LogP contribution < -0.4 is 4.74 Å². The van der Waals surface area contributed by atoms with Crippen molar-refractivity contribution in [1.82, 2.24) is 0 Å². The Bertz CT molecular complexity index is 533. The van der Waals surface area contributed by atoms with Crippen molar-refractivity contribution in [2.75, 3.05) is 7.11 Å². The summed E-state index contributed by atoms with van der Waals surface area (Å²) in [5.74, 6) is -0.736. The number of phenols is 1. The summed E-state index contributed by atoms with van der Waals surface area (Å²) in [5, 5.41) is 28.1. The van der Waals surface area contributed by atoms with Gasteiger partial charge < -0.3 is 14.9 Å². The van der Waals surface area contributed by atoms with Gasteiger partial charge in [-0.05, 0) is 30.0 Å². The quantitative estimate of drug-likeness (QED) is 0.834. The second kappa shape index (κ2) is 6.29. The fraction of sp³-hybridized carbons (Fsp3) is 0.467. The first-order chi connectivity index (χ1) is 9.37. The van der Waals surface area contributed by atoms with Gasteiger partial charge in [0.15, 0.2) is 11.5 Å². The Morgan fingerprint density at radius 3 is 2.60 bits per heavy atom. The molecule has 0 spiro atoms. The fourth-order valence-corrected chi connectivity index (χ4v) is 2.28. The molecule has 1 aromatic rings. The van der Waals surface area contributed by atoms with Crippen molar-refractivity contribution in [2.24, 2.45) is 5.92 Å². The molecule has 0 aliphatic carbocycles. The number of benzene rings is 1. The van der Waals surface area contributed by atoms with Crippen LogP contribution in [-0.2, 0) is 10.2 Å². The van der Waals surface area contributed by atoms with Crippen molar-refractivity contribution in [2.45, 2.75) is 32.1 Å². The predicted molar refractivity (Wildman–Crippen MR) is 73.7 cm³/mol. The molecule has 5 heteroatoms. The average molecular weight is 277 g/mol. The SMILES string of the molecule is COc1cc([C@](C#N)(CCC(=O)O)C(C)C)ccc1O. The van der Waals surface area contributed by atoms with E-state index in [0.717, 1.165) is 0 Å². The molecular weight excluding hydrogens is 258 g/mol. The zero-order valence-corrected chi connectivity index (χ0v) is 11.9. The normalized spacial score (nSPS) is 13.6. The first kappa shape index (κ1) is 15.8. The van der Waals surface area contributed by atoms with E-state index in [9.17, 15) is 15.2 Å². The molecule has 0 fully saturated rings. The van der Waals surface area contributed by atoms with E-state index in [-0.39, 0.29) is 30.3 Å². The third-order valence-corrected chi connectivity index (χ3v) is 3.61. The summed E-state index contributed by atoms with van der Waals surface area (Å²) in [6.45, 7) is 3.76. The molecule has 0 bridgehead atoms. The van der Waals surface area contributed by atoms with Gasteiger partial charge in [-0.2, -0.15) is 5.26 Å². The average Bonchev–Trinajstić information content (AvgIpc) is 2.40. The van der Waals surface area contributed by atoms with Crippen molar-refractivity contribution >= 4 is 5.97 Å². The van der Waals surface area contributed by atoms with Gasteiger partial charge in [-0.25, -0.2) is 0 Å². The Hall–Kier alpha value is -2.22. The van der Waals surface area contributed by atoms with E-state index in [1.807, 2.05) is 13.8 Å². The van der Waals surface area contributed by atoms with Gasteiger partial charge in [-0.1, -0.05) is 19.9 Å². The number of hydrogen-bond donors (Lipinski definition) is 2. The van der Waals surface area contributed by atoms with E-state index < -0.39 is 11.4 Å². The first-order valence-corrected chi connectivity index (χ1v) is 6.38. The minimum atomic E-state index is -0.934. The van der Waals surface area contributed by atoms with Gasteiger partial charge in [0.25, 0.3) is 0 Å².